The van der Waals surface area contributed by atoms with Gasteiger partial charge in [0, 0.05) is 52.0 Å². The molecule has 4 aliphatic rings. The first-order valence-electron chi connectivity index (χ1n) is 14.9. The Morgan fingerprint density at radius 1 is 0.909 bits per heavy atom. The Balaban J connectivity index is 1.25. The zero-order valence-corrected chi connectivity index (χ0v) is 23.6. The summed E-state index contributed by atoms with van der Waals surface area (Å²) in [5, 5.41) is 14.0. The summed E-state index contributed by atoms with van der Waals surface area (Å²) in [5.74, 6) is -0.288. The molecule has 2 bridgehead atoms. The minimum Gasteiger partial charge on any atom is -0.481 e. The van der Waals surface area contributed by atoms with Gasteiger partial charge in [0.2, 0.25) is 0 Å². The molecule has 3 aliphatic carbocycles. The van der Waals surface area contributed by atoms with Gasteiger partial charge in [-0.15, -0.1) is 0 Å². The molecule has 3 saturated carbocycles. The van der Waals surface area contributed by atoms with E-state index in [2.05, 4.69) is 10.3 Å². The molecule has 5 aromatic rings. The summed E-state index contributed by atoms with van der Waals surface area (Å²) in [7, 11) is 0. The number of benzene rings is 3. The number of fused-ring (bicyclic) bond motifs is 6. The summed E-state index contributed by atoms with van der Waals surface area (Å²) in [6.45, 7) is 0. The number of carbonyl (C=O) groups is 1. The molecule has 3 heterocycles. The number of nitrogens with zero attached hydrogens (tertiary/aromatic N) is 2. The monoisotopic (exact) mass is 590 g/mol. The van der Waals surface area contributed by atoms with Crippen LogP contribution in [0.25, 0.3) is 45.7 Å². The van der Waals surface area contributed by atoms with Crippen molar-refractivity contribution < 1.29 is 23.4 Å². The minimum absolute atomic E-state index is 0.119. The van der Waals surface area contributed by atoms with Gasteiger partial charge in [-0.05, 0) is 55.7 Å². The number of nitrogens with one attached hydrogen (secondary N) is 2. The highest BCUT2D eigenvalue weighted by molar-refractivity contribution is 5.94. The largest absolute Gasteiger partial charge is 0.481 e. The van der Waals surface area contributed by atoms with Crippen molar-refractivity contribution in [2.45, 2.75) is 31.7 Å². The topological polar surface area (TPSA) is 100 Å². The zero-order valence-electron chi connectivity index (χ0n) is 23.6. The Labute approximate surface area is 251 Å². The van der Waals surface area contributed by atoms with Crippen molar-refractivity contribution in [3.63, 3.8) is 0 Å². The van der Waals surface area contributed by atoms with E-state index in [1.165, 1.54) is 6.07 Å². The molecule has 0 unspecified atom stereocenters. The van der Waals surface area contributed by atoms with Crippen LogP contribution in [0.1, 0.15) is 36.8 Å². The molecule has 9 rings (SSSR count). The number of halogens is 2. The summed E-state index contributed by atoms with van der Waals surface area (Å²) in [4.78, 5) is 24.9. The van der Waals surface area contributed by atoms with E-state index < -0.39 is 23.5 Å². The van der Waals surface area contributed by atoms with Crippen LogP contribution in [0.2, 0.25) is 0 Å². The van der Waals surface area contributed by atoms with Crippen LogP contribution in [-0.4, -0.2) is 32.1 Å². The van der Waals surface area contributed by atoms with Crippen molar-refractivity contribution in [3.8, 4) is 34.1 Å². The van der Waals surface area contributed by atoms with Gasteiger partial charge >= 0.3 is 5.97 Å². The summed E-state index contributed by atoms with van der Waals surface area (Å²) >= 11 is 0. The summed E-state index contributed by atoms with van der Waals surface area (Å²) in [6, 6.07) is 17.2. The molecule has 0 radical (unpaired) electrons. The van der Waals surface area contributed by atoms with E-state index in [1.54, 1.807) is 6.20 Å². The van der Waals surface area contributed by atoms with Gasteiger partial charge in [0.05, 0.1) is 17.1 Å². The lowest BCUT2D eigenvalue weighted by molar-refractivity contribution is -0.148. The SMILES string of the molecule is O=C(O)[C@H]1C2CCC(CC2)[C@@H]1Nc1cc(-c2ccc3c(c2)Oc2ccccc2C=C3)nc(-c2c[nH]c3c(F)cc(F)cc23)n1. The summed E-state index contributed by atoms with van der Waals surface area (Å²) < 4.78 is 35.2. The third-order valence-corrected chi connectivity index (χ3v) is 9.38. The Morgan fingerprint density at radius 3 is 2.50 bits per heavy atom. The number of para-hydroxylation sites is 1. The fourth-order valence-corrected chi connectivity index (χ4v) is 7.24. The second-order valence-corrected chi connectivity index (χ2v) is 11.9. The number of rotatable bonds is 5. The van der Waals surface area contributed by atoms with E-state index in [0.29, 0.717) is 28.2 Å². The van der Waals surface area contributed by atoms with Crippen molar-refractivity contribution in [2.24, 2.45) is 17.8 Å². The molecule has 2 atom stereocenters. The van der Waals surface area contributed by atoms with Crippen molar-refractivity contribution in [1.29, 1.82) is 0 Å². The maximum Gasteiger partial charge on any atom is 0.308 e. The van der Waals surface area contributed by atoms with Crippen LogP contribution in [0, 0.1) is 29.4 Å². The fraction of sp³-hybridized carbons (Fsp3) is 0.229. The summed E-state index contributed by atoms with van der Waals surface area (Å²) in [6.07, 6.45) is 9.35. The Morgan fingerprint density at radius 2 is 1.68 bits per heavy atom. The molecule has 44 heavy (non-hydrogen) atoms. The summed E-state index contributed by atoms with van der Waals surface area (Å²) in [5.41, 5.74) is 3.78. The molecule has 220 valence electrons. The number of hydrogen-bond donors (Lipinski definition) is 3. The average molecular weight is 591 g/mol. The first-order chi connectivity index (χ1) is 21.4. The normalized spacial score (nSPS) is 21.8. The molecule has 0 amide bonds. The molecule has 2 aromatic heterocycles. The van der Waals surface area contributed by atoms with E-state index >= 15 is 0 Å². The predicted octanol–water partition coefficient (Wildman–Crippen LogP) is 8.15. The molecule has 7 nitrogen and oxygen atoms in total. The van der Waals surface area contributed by atoms with Crippen molar-refractivity contribution in [3.05, 3.63) is 89.6 Å². The van der Waals surface area contributed by atoms with Gasteiger partial charge in [-0.1, -0.05) is 42.5 Å². The van der Waals surface area contributed by atoms with Crippen LogP contribution < -0.4 is 10.1 Å². The van der Waals surface area contributed by atoms with Crippen LogP contribution in [0.3, 0.4) is 0 Å². The molecule has 0 spiro atoms. The lowest BCUT2D eigenvalue weighted by Crippen LogP contribution is -2.51. The Hall–Kier alpha value is -5.05. The molecular formula is C35H28F2N4O3. The molecule has 3 aromatic carbocycles. The predicted molar refractivity (Wildman–Crippen MR) is 164 cm³/mol. The van der Waals surface area contributed by atoms with Crippen LogP contribution in [-0.2, 0) is 4.79 Å². The van der Waals surface area contributed by atoms with E-state index in [-0.39, 0.29) is 29.2 Å². The van der Waals surface area contributed by atoms with Crippen LogP contribution in [0.4, 0.5) is 14.6 Å². The lowest BCUT2D eigenvalue weighted by atomic mass is 9.61. The van der Waals surface area contributed by atoms with Crippen molar-refractivity contribution in [2.75, 3.05) is 5.32 Å². The first kappa shape index (κ1) is 26.6. The van der Waals surface area contributed by atoms with Crippen LogP contribution in [0.5, 0.6) is 11.5 Å². The fourth-order valence-electron chi connectivity index (χ4n) is 7.24. The molecule has 3 fully saturated rings. The maximum absolute atomic E-state index is 14.6. The number of ether oxygens (including phenoxy) is 1. The lowest BCUT2D eigenvalue weighted by Gasteiger charge is -2.47. The van der Waals surface area contributed by atoms with Gasteiger partial charge in [-0.3, -0.25) is 4.79 Å². The minimum atomic E-state index is -0.801. The van der Waals surface area contributed by atoms with E-state index in [1.807, 2.05) is 60.7 Å². The third-order valence-electron chi connectivity index (χ3n) is 9.38. The molecular weight excluding hydrogens is 562 g/mol. The molecule has 1 aliphatic heterocycles. The standard InChI is InChI=1S/C35H28F2N4O3/c36-23-14-24-25(17-38-33(24)26(37)15-23)34-39-27(16-30(41-34)40-32-21-10-8-20(9-11-21)31(32)35(42)43)22-12-7-19-6-5-18-3-1-2-4-28(18)44-29(19)13-22/h1-7,12-17,20-21,31-32,38H,8-11H2,(H,42,43)(H,39,40,41)/t20?,21?,31-,32-/m0/s1. The van der Waals surface area contributed by atoms with Gasteiger partial charge in [-0.2, -0.15) is 0 Å². The second kappa shape index (κ2) is 10.3. The van der Waals surface area contributed by atoms with Gasteiger partial charge in [-0.25, -0.2) is 18.7 Å². The highest BCUT2D eigenvalue weighted by atomic mass is 19.1. The van der Waals surface area contributed by atoms with Crippen molar-refractivity contribution in [1.82, 2.24) is 15.0 Å². The van der Waals surface area contributed by atoms with Crippen LogP contribution in [0.15, 0.2) is 66.9 Å². The van der Waals surface area contributed by atoms with Gasteiger partial charge in [0.25, 0.3) is 0 Å². The average Bonchev–Trinajstić information content (AvgIpc) is 3.36. The highest BCUT2D eigenvalue weighted by Crippen LogP contribution is 2.47. The number of carboxylic acid groups (broad SMARTS) is 1. The van der Waals surface area contributed by atoms with Crippen LogP contribution >= 0.6 is 0 Å². The quantitative estimate of drug-likeness (QED) is 0.187. The van der Waals surface area contributed by atoms with Gasteiger partial charge in [0.1, 0.15) is 29.0 Å². The zero-order chi connectivity index (χ0) is 29.9. The number of carboxylic acids is 1. The Kier molecular flexibility index (Phi) is 6.22. The number of hydrogen-bond acceptors (Lipinski definition) is 5. The van der Waals surface area contributed by atoms with Crippen molar-refractivity contribution >= 4 is 34.8 Å². The molecule has 3 N–H and O–H groups in total. The molecule has 0 saturated heterocycles. The number of anilines is 1. The van der Waals surface area contributed by atoms with E-state index in [4.69, 9.17) is 14.7 Å². The number of aliphatic carboxylic acids is 1. The van der Waals surface area contributed by atoms with E-state index in [0.717, 1.165) is 54.2 Å². The molecule has 9 heteroatoms. The van der Waals surface area contributed by atoms with E-state index in [9.17, 15) is 18.7 Å². The maximum atomic E-state index is 14.6. The second-order valence-electron chi connectivity index (χ2n) is 11.9. The number of aromatic amines is 1. The van der Waals surface area contributed by atoms with Gasteiger partial charge in [0.15, 0.2) is 5.82 Å². The first-order valence-corrected chi connectivity index (χ1v) is 14.9. The smallest absolute Gasteiger partial charge is 0.308 e. The third kappa shape index (κ3) is 4.51. The number of aromatic nitrogens is 3. The van der Waals surface area contributed by atoms with Gasteiger partial charge < -0.3 is 20.1 Å². The Bertz CT molecular complexity index is 1980. The highest BCUT2D eigenvalue weighted by Gasteiger charge is 2.47. The number of H-pyrrole nitrogens is 1.